The number of hydrogen-bond donors (Lipinski definition) is 2. The molecule has 0 aliphatic rings. The van der Waals surface area contributed by atoms with Gasteiger partial charge in [-0.3, -0.25) is 0 Å². The highest BCUT2D eigenvalue weighted by Crippen LogP contribution is 2.39. The van der Waals surface area contributed by atoms with E-state index in [1.807, 2.05) is 18.4 Å². The van der Waals surface area contributed by atoms with E-state index < -0.39 is 0 Å². The van der Waals surface area contributed by atoms with Crippen LogP contribution < -0.4 is 11.1 Å². The van der Waals surface area contributed by atoms with E-state index in [0.29, 0.717) is 6.04 Å². The molecule has 15 heavy (non-hydrogen) atoms. The van der Waals surface area contributed by atoms with Gasteiger partial charge in [0.15, 0.2) is 0 Å². The van der Waals surface area contributed by atoms with Crippen LogP contribution in [0.5, 0.6) is 0 Å². The van der Waals surface area contributed by atoms with Gasteiger partial charge in [-0.15, -0.1) is 11.3 Å². The maximum atomic E-state index is 5.67. The fourth-order valence-electron chi connectivity index (χ4n) is 2.07. The van der Waals surface area contributed by atoms with Crippen molar-refractivity contribution in [3.8, 4) is 0 Å². The normalized spacial score (nSPS) is 14.2. The zero-order valence-electron chi connectivity index (χ0n) is 10.1. The first-order chi connectivity index (χ1) is 7.03. The van der Waals surface area contributed by atoms with Crippen molar-refractivity contribution in [2.45, 2.75) is 33.2 Å². The number of rotatable bonds is 5. The van der Waals surface area contributed by atoms with Crippen molar-refractivity contribution < 1.29 is 0 Å². The van der Waals surface area contributed by atoms with Gasteiger partial charge in [0, 0.05) is 10.9 Å². The molecule has 1 aromatic rings. The van der Waals surface area contributed by atoms with Gasteiger partial charge in [-0.25, -0.2) is 0 Å². The van der Waals surface area contributed by atoms with Crippen LogP contribution in [0.25, 0.3) is 0 Å². The first-order valence-corrected chi connectivity index (χ1v) is 6.32. The standard InChI is InChI=1S/C12H22N2S/c1-9-5-8-15-10(9)11(14-4)12(2,3)6-7-13/h5,8,11,14H,6-7,13H2,1-4H3. The molecule has 0 aliphatic heterocycles. The van der Waals surface area contributed by atoms with E-state index in [4.69, 9.17) is 5.73 Å². The molecule has 86 valence electrons. The van der Waals surface area contributed by atoms with Crippen molar-refractivity contribution >= 4 is 11.3 Å². The molecule has 0 aromatic carbocycles. The highest BCUT2D eigenvalue weighted by atomic mass is 32.1. The van der Waals surface area contributed by atoms with Gasteiger partial charge < -0.3 is 11.1 Å². The molecule has 1 rings (SSSR count). The molecule has 1 atom stereocenters. The first-order valence-electron chi connectivity index (χ1n) is 5.44. The summed E-state index contributed by atoms with van der Waals surface area (Å²) in [7, 11) is 2.03. The molecule has 1 unspecified atom stereocenters. The minimum absolute atomic E-state index is 0.207. The van der Waals surface area contributed by atoms with Gasteiger partial charge in [-0.05, 0) is 49.4 Å². The highest BCUT2D eigenvalue weighted by molar-refractivity contribution is 7.10. The zero-order valence-corrected chi connectivity index (χ0v) is 10.9. The highest BCUT2D eigenvalue weighted by Gasteiger charge is 2.30. The summed E-state index contributed by atoms with van der Waals surface area (Å²) in [6.45, 7) is 7.48. The van der Waals surface area contributed by atoms with Crippen LogP contribution in [0.3, 0.4) is 0 Å². The van der Waals surface area contributed by atoms with Gasteiger partial charge in [0.1, 0.15) is 0 Å². The lowest BCUT2D eigenvalue weighted by atomic mass is 9.80. The molecule has 0 fully saturated rings. The molecule has 0 saturated carbocycles. The lowest BCUT2D eigenvalue weighted by molar-refractivity contribution is 0.242. The van der Waals surface area contributed by atoms with Crippen LogP contribution in [0, 0.1) is 12.3 Å². The summed E-state index contributed by atoms with van der Waals surface area (Å²) >= 11 is 1.83. The Morgan fingerprint density at radius 2 is 2.20 bits per heavy atom. The summed E-state index contributed by atoms with van der Waals surface area (Å²) in [6, 6.07) is 2.59. The predicted octanol–water partition coefficient (Wildman–Crippen LogP) is 2.69. The van der Waals surface area contributed by atoms with Crippen molar-refractivity contribution in [3.05, 3.63) is 21.9 Å². The van der Waals surface area contributed by atoms with Crippen LogP contribution in [0.2, 0.25) is 0 Å². The van der Waals surface area contributed by atoms with Crippen LogP contribution >= 0.6 is 11.3 Å². The number of aryl methyl sites for hydroxylation is 1. The minimum atomic E-state index is 0.207. The minimum Gasteiger partial charge on any atom is -0.330 e. The molecule has 1 heterocycles. The molecule has 0 amide bonds. The number of nitrogens with two attached hydrogens (primary N) is 1. The molecule has 3 N–H and O–H groups in total. The number of nitrogens with one attached hydrogen (secondary N) is 1. The van der Waals surface area contributed by atoms with Crippen molar-refractivity contribution in [1.82, 2.24) is 5.32 Å². The van der Waals surface area contributed by atoms with Crippen LogP contribution in [-0.2, 0) is 0 Å². The molecule has 1 aromatic heterocycles. The van der Waals surface area contributed by atoms with Crippen molar-refractivity contribution in [2.75, 3.05) is 13.6 Å². The van der Waals surface area contributed by atoms with Crippen molar-refractivity contribution in [2.24, 2.45) is 11.1 Å². The van der Waals surface area contributed by atoms with E-state index in [9.17, 15) is 0 Å². The Morgan fingerprint density at radius 3 is 2.60 bits per heavy atom. The summed E-state index contributed by atoms with van der Waals surface area (Å²) < 4.78 is 0. The summed E-state index contributed by atoms with van der Waals surface area (Å²) in [5, 5.41) is 5.59. The quantitative estimate of drug-likeness (QED) is 0.810. The molecule has 2 nitrogen and oxygen atoms in total. The zero-order chi connectivity index (χ0) is 11.5. The fraction of sp³-hybridized carbons (Fsp3) is 0.667. The van der Waals surface area contributed by atoms with Crippen molar-refractivity contribution in [1.29, 1.82) is 0 Å². The van der Waals surface area contributed by atoms with Crippen LogP contribution in [0.15, 0.2) is 11.4 Å². The SMILES string of the molecule is CNC(c1sccc1C)C(C)(C)CCN. The van der Waals surface area contributed by atoms with E-state index in [1.165, 1.54) is 10.4 Å². The smallest absolute Gasteiger partial charge is 0.0467 e. The van der Waals surface area contributed by atoms with Crippen LogP contribution in [0.1, 0.15) is 36.8 Å². The third-order valence-electron chi connectivity index (χ3n) is 3.02. The molecule has 0 radical (unpaired) electrons. The Kier molecular flexibility index (Phi) is 4.32. The second kappa shape index (κ2) is 5.10. The van der Waals surface area contributed by atoms with Gasteiger partial charge in [0.25, 0.3) is 0 Å². The lowest BCUT2D eigenvalue weighted by Crippen LogP contribution is -2.33. The van der Waals surface area contributed by atoms with E-state index in [-0.39, 0.29) is 5.41 Å². The number of thiophene rings is 1. The molecular weight excluding hydrogens is 204 g/mol. The monoisotopic (exact) mass is 226 g/mol. The lowest BCUT2D eigenvalue weighted by Gasteiger charge is -2.34. The van der Waals surface area contributed by atoms with Gasteiger partial charge >= 0.3 is 0 Å². The average molecular weight is 226 g/mol. The topological polar surface area (TPSA) is 38.0 Å². The fourth-order valence-corrected chi connectivity index (χ4v) is 3.32. The second-order valence-electron chi connectivity index (χ2n) is 4.72. The van der Waals surface area contributed by atoms with E-state index in [1.54, 1.807) is 0 Å². The van der Waals surface area contributed by atoms with Gasteiger partial charge in [-0.1, -0.05) is 13.8 Å². The maximum Gasteiger partial charge on any atom is 0.0467 e. The molecule has 0 saturated heterocycles. The van der Waals surface area contributed by atoms with Crippen LogP contribution in [-0.4, -0.2) is 13.6 Å². The molecule has 3 heteroatoms. The summed E-state index contributed by atoms with van der Waals surface area (Å²) in [5.74, 6) is 0. The maximum absolute atomic E-state index is 5.67. The molecule has 0 bridgehead atoms. The summed E-state index contributed by atoms with van der Waals surface area (Å²) in [5.41, 5.74) is 7.26. The summed E-state index contributed by atoms with van der Waals surface area (Å²) in [6.07, 6.45) is 1.04. The van der Waals surface area contributed by atoms with Gasteiger partial charge in [-0.2, -0.15) is 0 Å². The Hall–Kier alpha value is -0.380. The third-order valence-corrected chi connectivity index (χ3v) is 4.11. The summed E-state index contributed by atoms with van der Waals surface area (Å²) in [4.78, 5) is 1.44. The van der Waals surface area contributed by atoms with Crippen molar-refractivity contribution in [3.63, 3.8) is 0 Å². The predicted molar refractivity (Wildman–Crippen MR) is 68.3 cm³/mol. The molecule has 0 aliphatic carbocycles. The largest absolute Gasteiger partial charge is 0.330 e. The van der Waals surface area contributed by atoms with Gasteiger partial charge in [0.05, 0.1) is 0 Å². The van der Waals surface area contributed by atoms with Crippen LogP contribution in [0.4, 0.5) is 0 Å². The van der Waals surface area contributed by atoms with E-state index >= 15 is 0 Å². The molecular formula is C12H22N2S. The Balaban J connectivity index is 2.93. The second-order valence-corrected chi connectivity index (χ2v) is 5.66. The Bertz CT molecular complexity index is 304. The average Bonchev–Trinajstić information content (AvgIpc) is 2.53. The Labute approximate surface area is 96.9 Å². The Morgan fingerprint density at radius 1 is 1.53 bits per heavy atom. The number of hydrogen-bond acceptors (Lipinski definition) is 3. The van der Waals surface area contributed by atoms with E-state index in [0.717, 1.165) is 13.0 Å². The van der Waals surface area contributed by atoms with Gasteiger partial charge in [0.2, 0.25) is 0 Å². The first kappa shape index (κ1) is 12.7. The molecule has 0 spiro atoms. The van der Waals surface area contributed by atoms with E-state index in [2.05, 4.69) is 37.5 Å². The third kappa shape index (κ3) is 2.80.